The molecular formula is C29H29BClNO5. The molecule has 1 saturated heterocycles. The molecule has 0 spiro atoms. The third-order valence-corrected chi connectivity index (χ3v) is 7.98. The van der Waals surface area contributed by atoms with E-state index in [1.54, 1.807) is 14.2 Å². The van der Waals surface area contributed by atoms with Crippen LogP contribution in [0.3, 0.4) is 0 Å². The maximum Gasteiger partial charge on any atom is 0.494 e. The van der Waals surface area contributed by atoms with Crippen molar-refractivity contribution in [2.45, 2.75) is 45.1 Å². The summed E-state index contributed by atoms with van der Waals surface area (Å²) < 4.78 is 32.7. The number of aromatic nitrogens is 1. The summed E-state index contributed by atoms with van der Waals surface area (Å²) in [6.07, 6.45) is -0.460. The number of methoxy groups -OCH3 is 2. The van der Waals surface area contributed by atoms with Crippen molar-refractivity contribution in [3.8, 4) is 28.5 Å². The van der Waals surface area contributed by atoms with E-state index in [4.69, 9.17) is 35.1 Å². The molecule has 2 aliphatic heterocycles. The van der Waals surface area contributed by atoms with Crippen LogP contribution in [0.25, 0.3) is 22.2 Å². The molecule has 0 aliphatic carbocycles. The zero-order valence-corrected chi connectivity index (χ0v) is 22.6. The van der Waals surface area contributed by atoms with Crippen molar-refractivity contribution in [1.82, 2.24) is 4.57 Å². The van der Waals surface area contributed by atoms with Gasteiger partial charge < -0.3 is 28.1 Å². The second kappa shape index (κ2) is 8.45. The summed E-state index contributed by atoms with van der Waals surface area (Å²) in [6, 6.07) is 20.0. The summed E-state index contributed by atoms with van der Waals surface area (Å²) in [4.78, 5) is 0. The first-order valence-electron chi connectivity index (χ1n) is 12.3. The van der Waals surface area contributed by atoms with Crippen molar-refractivity contribution in [3.05, 3.63) is 71.2 Å². The number of benzene rings is 3. The number of halogens is 1. The van der Waals surface area contributed by atoms with Crippen LogP contribution in [-0.2, 0) is 9.31 Å². The quantitative estimate of drug-likeness (QED) is 0.301. The third kappa shape index (κ3) is 3.88. The molecule has 4 aromatic rings. The molecule has 1 atom stereocenters. The predicted molar refractivity (Wildman–Crippen MR) is 146 cm³/mol. The molecular weight excluding hydrogens is 489 g/mol. The van der Waals surface area contributed by atoms with Gasteiger partial charge in [0.05, 0.1) is 36.6 Å². The first kappa shape index (κ1) is 24.2. The van der Waals surface area contributed by atoms with Gasteiger partial charge in [0.1, 0.15) is 17.2 Å². The van der Waals surface area contributed by atoms with Gasteiger partial charge in [-0.1, -0.05) is 17.7 Å². The molecule has 37 heavy (non-hydrogen) atoms. The van der Waals surface area contributed by atoms with Gasteiger partial charge in [-0.15, -0.1) is 0 Å². The zero-order valence-electron chi connectivity index (χ0n) is 21.8. The van der Waals surface area contributed by atoms with E-state index < -0.39 is 24.5 Å². The van der Waals surface area contributed by atoms with Crippen molar-refractivity contribution in [3.63, 3.8) is 0 Å². The van der Waals surface area contributed by atoms with Gasteiger partial charge in [-0.3, -0.25) is 0 Å². The first-order chi connectivity index (χ1) is 17.6. The molecule has 2 aliphatic rings. The third-order valence-electron chi connectivity index (χ3n) is 7.74. The van der Waals surface area contributed by atoms with Crippen LogP contribution in [0, 0.1) is 0 Å². The monoisotopic (exact) mass is 517 g/mol. The summed E-state index contributed by atoms with van der Waals surface area (Å²) in [7, 11) is 2.80. The lowest BCUT2D eigenvalue weighted by atomic mass is 9.78. The minimum atomic E-state index is -0.485. The Morgan fingerprint density at radius 3 is 2.16 bits per heavy atom. The van der Waals surface area contributed by atoms with E-state index in [9.17, 15) is 0 Å². The second-order valence-electron chi connectivity index (χ2n) is 10.6. The number of hydrogen-bond donors (Lipinski definition) is 0. The van der Waals surface area contributed by atoms with Gasteiger partial charge in [0, 0.05) is 27.6 Å². The highest BCUT2D eigenvalue weighted by molar-refractivity contribution is 6.62. The van der Waals surface area contributed by atoms with Crippen LogP contribution in [0.15, 0.2) is 60.7 Å². The number of hydrogen-bond acceptors (Lipinski definition) is 5. The minimum absolute atomic E-state index is 0.431. The number of nitrogens with zero attached hydrogens (tertiary/aromatic N) is 1. The van der Waals surface area contributed by atoms with E-state index in [-0.39, 0.29) is 0 Å². The van der Waals surface area contributed by atoms with E-state index >= 15 is 0 Å². The molecule has 8 heteroatoms. The Hall–Kier alpha value is -3.13. The Labute approximate surface area is 222 Å². The van der Waals surface area contributed by atoms with Crippen molar-refractivity contribution in [1.29, 1.82) is 0 Å². The van der Waals surface area contributed by atoms with Crippen molar-refractivity contribution in [2.24, 2.45) is 0 Å². The number of rotatable bonds is 4. The van der Waals surface area contributed by atoms with Gasteiger partial charge in [-0.25, -0.2) is 0 Å². The fourth-order valence-electron chi connectivity index (χ4n) is 5.00. The van der Waals surface area contributed by atoms with Gasteiger partial charge >= 0.3 is 7.12 Å². The molecule has 1 fully saturated rings. The van der Waals surface area contributed by atoms with Gasteiger partial charge in [-0.2, -0.15) is 0 Å². The largest absolute Gasteiger partial charge is 0.497 e. The Bertz CT molecular complexity index is 1490. The van der Waals surface area contributed by atoms with Crippen LogP contribution in [0.2, 0.25) is 5.02 Å². The normalized spacial score (nSPS) is 19.3. The highest BCUT2D eigenvalue weighted by Gasteiger charge is 2.52. The summed E-state index contributed by atoms with van der Waals surface area (Å²) in [6.45, 7) is 8.21. The molecule has 0 amide bonds. The molecule has 0 bridgehead atoms. The lowest BCUT2D eigenvalue weighted by Gasteiger charge is -2.32. The molecule has 0 saturated carbocycles. The van der Waals surface area contributed by atoms with E-state index in [0.29, 0.717) is 16.5 Å². The van der Waals surface area contributed by atoms with Crippen LogP contribution in [0.5, 0.6) is 17.2 Å². The smallest absolute Gasteiger partial charge is 0.494 e. The van der Waals surface area contributed by atoms with Gasteiger partial charge in [0.15, 0.2) is 0 Å². The maximum absolute atomic E-state index is 6.75. The average molecular weight is 518 g/mol. The highest BCUT2D eigenvalue weighted by atomic mass is 35.5. The van der Waals surface area contributed by atoms with E-state index in [2.05, 4.69) is 44.4 Å². The lowest BCUT2D eigenvalue weighted by molar-refractivity contribution is 0.00578. The van der Waals surface area contributed by atoms with Crippen molar-refractivity contribution < 1.29 is 23.5 Å². The van der Waals surface area contributed by atoms with Crippen LogP contribution in [0.1, 0.15) is 39.5 Å². The number of fused-ring (bicyclic) bond motifs is 5. The Balaban J connectivity index is 1.52. The molecule has 190 valence electrons. The molecule has 3 heterocycles. The fraction of sp³-hybridized carbons (Fsp3) is 0.310. The predicted octanol–water partition coefficient (Wildman–Crippen LogP) is 6.22. The van der Waals surface area contributed by atoms with Gasteiger partial charge in [0.2, 0.25) is 6.23 Å². The Morgan fingerprint density at radius 1 is 0.838 bits per heavy atom. The standard InChI is InChI=1S/C29H29BClNO5/c1-28(2)29(3,4)37-30(36-28)19-7-9-23-25-14-17-11-20(31)8-10-24(17)32(25)27(35-26(23)15-19)18-12-21(33-5)16-22(13-18)34-6/h7-16,27H,1-6H3. The SMILES string of the molecule is COc1cc(OC)cc(C2Oc3cc(B4OC(C)(C)C(C)(C)O4)ccc3-c3cc4cc(Cl)ccc4n32)c1. The molecule has 0 radical (unpaired) electrons. The van der Waals surface area contributed by atoms with Crippen molar-refractivity contribution in [2.75, 3.05) is 14.2 Å². The summed E-state index contributed by atoms with van der Waals surface area (Å²) in [5, 5.41) is 1.72. The van der Waals surface area contributed by atoms with Crippen LogP contribution >= 0.6 is 11.6 Å². The van der Waals surface area contributed by atoms with E-state index in [1.807, 2.05) is 48.5 Å². The summed E-state index contributed by atoms with van der Waals surface area (Å²) >= 11 is 6.35. The topological polar surface area (TPSA) is 51.1 Å². The molecule has 1 aromatic heterocycles. The molecule has 0 N–H and O–H groups in total. The molecule has 6 nitrogen and oxygen atoms in total. The maximum atomic E-state index is 6.75. The molecule has 3 aromatic carbocycles. The first-order valence-corrected chi connectivity index (χ1v) is 12.7. The van der Waals surface area contributed by atoms with Crippen LogP contribution < -0.4 is 19.7 Å². The summed E-state index contributed by atoms with van der Waals surface area (Å²) in [5.41, 5.74) is 3.99. The van der Waals surface area contributed by atoms with Gasteiger partial charge in [0.25, 0.3) is 0 Å². The Morgan fingerprint density at radius 2 is 1.51 bits per heavy atom. The van der Waals surface area contributed by atoms with E-state index in [0.717, 1.165) is 38.9 Å². The zero-order chi connectivity index (χ0) is 26.1. The average Bonchev–Trinajstić information content (AvgIpc) is 3.35. The molecule has 1 unspecified atom stereocenters. The second-order valence-corrected chi connectivity index (χ2v) is 11.0. The number of ether oxygens (including phenoxy) is 3. The molecule has 6 rings (SSSR count). The Kier molecular flexibility index (Phi) is 5.53. The highest BCUT2D eigenvalue weighted by Crippen LogP contribution is 2.45. The lowest BCUT2D eigenvalue weighted by Crippen LogP contribution is -2.41. The van der Waals surface area contributed by atoms with Crippen LogP contribution in [-0.4, -0.2) is 37.1 Å². The van der Waals surface area contributed by atoms with E-state index in [1.165, 1.54) is 0 Å². The fourth-order valence-corrected chi connectivity index (χ4v) is 5.18. The minimum Gasteiger partial charge on any atom is -0.497 e. The summed E-state index contributed by atoms with van der Waals surface area (Å²) in [5.74, 6) is 2.13. The van der Waals surface area contributed by atoms with Crippen molar-refractivity contribution >= 4 is 35.1 Å². The van der Waals surface area contributed by atoms with Gasteiger partial charge in [-0.05, 0) is 81.7 Å². The van der Waals surface area contributed by atoms with Crippen LogP contribution in [0.4, 0.5) is 0 Å².